The van der Waals surface area contributed by atoms with Crippen molar-refractivity contribution in [1.82, 2.24) is 14.9 Å². The number of nitrogens with one attached hydrogen (secondary N) is 1. The lowest BCUT2D eigenvalue weighted by atomic mass is 10.1. The molecule has 2 aromatic heterocycles. The van der Waals surface area contributed by atoms with E-state index >= 15 is 0 Å². The Kier molecular flexibility index (Phi) is 4.27. The Labute approximate surface area is 126 Å². The highest BCUT2D eigenvalue weighted by molar-refractivity contribution is 5.80. The maximum Gasteiger partial charge on any atom is 0.0916 e. The number of nitrogens with zero attached hydrogens (tertiary/aromatic N) is 2. The molecule has 2 heterocycles. The molecule has 0 aliphatic heterocycles. The van der Waals surface area contributed by atoms with Gasteiger partial charge in [0.2, 0.25) is 0 Å². The zero-order chi connectivity index (χ0) is 14.8. The van der Waals surface area contributed by atoms with Gasteiger partial charge in [0, 0.05) is 39.0 Å². The van der Waals surface area contributed by atoms with Crippen molar-refractivity contribution in [2.75, 3.05) is 13.7 Å². The second-order valence-corrected chi connectivity index (χ2v) is 6.13. The number of pyridine rings is 1. The van der Waals surface area contributed by atoms with Crippen molar-refractivity contribution in [3.05, 3.63) is 29.6 Å². The minimum absolute atomic E-state index is 0.328. The molecule has 21 heavy (non-hydrogen) atoms. The van der Waals surface area contributed by atoms with Crippen molar-refractivity contribution in [2.24, 2.45) is 7.05 Å². The van der Waals surface area contributed by atoms with E-state index in [2.05, 4.69) is 42.2 Å². The monoisotopic (exact) mass is 287 g/mol. The lowest BCUT2D eigenvalue weighted by Crippen LogP contribution is -2.21. The summed E-state index contributed by atoms with van der Waals surface area (Å²) in [6, 6.07) is 5.38. The van der Waals surface area contributed by atoms with Crippen molar-refractivity contribution >= 4 is 11.0 Å². The van der Waals surface area contributed by atoms with E-state index in [4.69, 9.17) is 9.72 Å². The van der Waals surface area contributed by atoms with Crippen LogP contribution >= 0.6 is 0 Å². The second kappa shape index (κ2) is 6.16. The summed E-state index contributed by atoms with van der Waals surface area (Å²) in [4.78, 5) is 4.93. The molecule has 1 atom stereocenters. The normalized spacial score (nSPS) is 16.5. The maximum atomic E-state index is 5.16. The molecule has 1 aliphatic carbocycles. The van der Waals surface area contributed by atoms with E-state index in [-0.39, 0.29) is 0 Å². The Bertz CT molecular complexity index is 616. The Hall–Kier alpha value is -1.39. The summed E-state index contributed by atoms with van der Waals surface area (Å²) in [7, 11) is 3.85. The molecule has 0 spiro atoms. The number of aromatic nitrogens is 2. The average molecular weight is 287 g/mol. The molecule has 0 radical (unpaired) electrons. The van der Waals surface area contributed by atoms with Gasteiger partial charge in [-0.15, -0.1) is 0 Å². The minimum Gasteiger partial charge on any atom is -0.385 e. The van der Waals surface area contributed by atoms with Gasteiger partial charge >= 0.3 is 0 Å². The molecule has 0 bridgehead atoms. The zero-order valence-electron chi connectivity index (χ0n) is 13.2. The largest absolute Gasteiger partial charge is 0.385 e. The molecule has 4 nitrogen and oxygen atoms in total. The molecule has 1 unspecified atom stereocenters. The number of methoxy groups -OCH3 is 1. The molecule has 1 fully saturated rings. The molecule has 3 rings (SSSR count). The first kappa shape index (κ1) is 14.5. The van der Waals surface area contributed by atoms with Crippen molar-refractivity contribution in [3.63, 3.8) is 0 Å². The highest BCUT2D eigenvalue weighted by Gasteiger charge is 2.24. The van der Waals surface area contributed by atoms with Crippen molar-refractivity contribution in [2.45, 2.75) is 44.7 Å². The second-order valence-electron chi connectivity index (χ2n) is 6.13. The Morgan fingerprint density at radius 3 is 2.95 bits per heavy atom. The van der Waals surface area contributed by atoms with Crippen LogP contribution in [0, 0.1) is 0 Å². The third-order valence-corrected chi connectivity index (χ3v) is 4.23. The number of fused-ring (bicyclic) bond motifs is 1. The van der Waals surface area contributed by atoms with Crippen LogP contribution < -0.4 is 5.32 Å². The van der Waals surface area contributed by atoms with Gasteiger partial charge in [-0.3, -0.25) is 0 Å². The molecule has 0 amide bonds. The van der Waals surface area contributed by atoms with Crippen molar-refractivity contribution in [1.29, 1.82) is 0 Å². The first-order valence-electron chi connectivity index (χ1n) is 7.89. The lowest BCUT2D eigenvalue weighted by Gasteiger charge is -2.13. The van der Waals surface area contributed by atoms with E-state index in [0.29, 0.717) is 12.1 Å². The van der Waals surface area contributed by atoms with Gasteiger partial charge in [-0.25, -0.2) is 4.98 Å². The Morgan fingerprint density at radius 1 is 1.43 bits per heavy atom. The molecule has 0 aromatic carbocycles. The van der Waals surface area contributed by atoms with Gasteiger partial charge in [0.05, 0.1) is 16.7 Å². The third-order valence-electron chi connectivity index (χ3n) is 4.23. The van der Waals surface area contributed by atoms with Crippen LogP contribution in [0.4, 0.5) is 0 Å². The Balaban J connectivity index is 1.84. The highest BCUT2D eigenvalue weighted by atomic mass is 16.5. The van der Waals surface area contributed by atoms with E-state index in [0.717, 1.165) is 30.7 Å². The Morgan fingerprint density at radius 2 is 2.24 bits per heavy atom. The van der Waals surface area contributed by atoms with Gasteiger partial charge in [0.1, 0.15) is 0 Å². The van der Waals surface area contributed by atoms with Gasteiger partial charge in [-0.2, -0.15) is 0 Å². The predicted octanol–water partition coefficient (Wildman–Crippen LogP) is 2.97. The predicted molar refractivity (Wildman–Crippen MR) is 85.5 cm³/mol. The molecule has 1 saturated carbocycles. The molecule has 1 N–H and O–H groups in total. The number of hydrogen-bond acceptors (Lipinski definition) is 3. The lowest BCUT2D eigenvalue weighted by molar-refractivity contribution is 0.195. The van der Waals surface area contributed by atoms with Crippen LogP contribution in [-0.4, -0.2) is 29.3 Å². The van der Waals surface area contributed by atoms with Gasteiger partial charge in [0.25, 0.3) is 0 Å². The SMILES string of the molecule is COCCCc1cn(C)c2ccc(C(C)NC3CC3)nc12. The average Bonchev–Trinajstić information content (AvgIpc) is 3.24. The fourth-order valence-corrected chi connectivity index (χ4v) is 2.87. The van der Waals surface area contributed by atoms with Gasteiger partial charge in [0.15, 0.2) is 0 Å². The van der Waals surface area contributed by atoms with E-state index in [9.17, 15) is 0 Å². The van der Waals surface area contributed by atoms with E-state index in [1.165, 1.54) is 23.9 Å². The molecule has 1 aliphatic rings. The number of ether oxygens (including phenoxy) is 1. The summed E-state index contributed by atoms with van der Waals surface area (Å²) < 4.78 is 7.33. The minimum atomic E-state index is 0.328. The van der Waals surface area contributed by atoms with Crippen LogP contribution in [-0.2, 0) is 18.2 Å². The summed E-state index contributed by atoms with van der Waals surface area (Å²) in [6.07, 6.45) is 6.87. The summed E-state index contributed by atoms with van der Waals surface area (Å²) in [5, 5.41) is 3.62. The topological polar surface area (TPSA) is 39.1 Å². The standard InChI is InChI=1S/C17H25N3O/c1-12(18-14-6-7-14)15-8-9-16-17(19-15)13(11-20(16)2)5-4-10-21-3/h8-9,11-12,14,18H,4-7,10H2,1-3H3. The highest BCUT2D eigenvalue weighted by Crippen LogP contribution is 2.26. The first-order valence-corrected chi connectivity index (χ1v) is 7.89. The third kappa shape index (κ3) is 3.27. The molecular formula is C17H25N3O. The van der Waals surface area contributed by atoms with E-state index in [1.54, 1.807) is 7.11 Å². The molecule has 0 saturated heterocycles. The van der Waals surface area contributed by atoms with E-state index in [1.807, 2.05) is 0 Å². The summed E-state index contributed by atoms with van der Waals surface area (Å²) in [5.74, 6) is 0. The first-order chi connectivity index (χ1) is 10.2. The molecule has 4 heteroatoms. The van der Waals surface area contributed by atoms with Crippen LogP contribution in [0.15, 0.2) is 18.3 Å². The summed E-state index contributed by atoms with van der Waals surface area (Å²) >= 11 is 0. The van der Waals surface area contributed by atoms with Gasteiger partial charge in [-0.1, -0.05) is 0 Å². The van der Waals surface area contributed by atoms with Crippen molar-refractivity contribution in [3.8, 4) is 0 Å². The summed E-state index contributed by atoms with van der Waals surface area (Å²) in [6.45, 7) is 3.01. The number of aryl methyl sites for hydroxylation is 2. The van der Waals surface area contributed by atoms with Gasteiger partial charge in [-0.05, 0) is 50.3 Å². The van der Waals surface area contributed by atoms with Crippen LogP contribution in [0.1, 0.15) is 43.5 Å². The van der Waals surface area contributed by atoms with Crippen LogP contribution in [0.3, 0.4) is 0 Å². The van der Waals surface area contributed by atoms with Crippen LogP contribution in [0.2, 0.25) is 0 Å². The fraction of sp³-hybridized carbons (Fsp3) is 0.588. The fourth-order valence-electron chi connectivity index (χ4n) is 2.87. The summed E-state index contributed by atoms with van der Waals surface area (Å²) in [5.41, 5.74) is 4.83. The van der Waals surface area contributed by atoms with Crippen LogP contribution in [0.25, 0.3) is 11.0 Å². The van der Waals surface area contributed by atoms with Crippen molar-refractivity contribution < 1.29 is 4.74 Å². The molecule has 114 valence electrons. The zero-order valence-corrected chi connectivity index (χ0v) is 13.2. The maximum absolute atomic E-state index is 5.16. The van der Waals surface area contributed by atoms with Gasteiger partial charge < -0.3 is 14.6 Å². The van der Waals surface area contributed by atoms with Crippen LogP contribution in [0.5, 0.6) is 0 Å². The molecular weight excluding hydrogens is 262 g/mol. The number of hydrogen-bond donors (Lipinski definition) is 1. The number of rotatable bonds is 7. The molecule has 2 aromatic rings. The van der Waals surface area contributed by atoms with E-state index < -0.39 is 0 Å². The quantitative estimate of drug-likeness (QED) is 0.796. The smallest absolute Gasteiger partial charge is 0.0916 e.